The van der Waals surface area contributed by atoms with Crippen LogP contribution in [0, 0.1) is 5.82 Å². The average molecular weight is 268 g/mol. The molecule has 2 rings (SSSR count). The van der Waals surface area contributed by atoms with Crippen LogP contribution < -0.4 is 5.32 Å². The molecule has 0 aromatic heterocycles. The van der Waals surface area contributed by atoms with Gasteiger partial charge in [-0.1, -0.05) is 23.7 Å². The van der Waals surface area contributed by atoms with Gasteiger partial charge in [-0.25, -0.2) is 4.39 Å². The number of phenolic OH excluding ortho intramolecular Hbond substituents is 2. The van der Waals surface area contributed by atoms with E-state index < -0.39 is 5.82 Å². The molecule has 0 aliphatic heterocycles. The van der Waals surface area contributed by atoms with Crippen LogP contribution >= 0.6 is 11.6 Å². The maximum Gasteiger partial charge on any atom is 0.162 e. The number of phenols is 2. The Morgan fingerprint density at radius 3 is 2.67 bits per heavy atom. The zero-order chi connectivity index (χ0) is 13.1. The Hall–Kier alpha value is -1.94. The largest absolute Gasteiger partial charge is 0.504 e. The molecule has 94 valence electrons. The van der Waals surface area contributed by atoms with E-state index in [9.17, 15) is 14.6 Å². The SMILES string of the molecule is Oc1cccc(CNc2ccc(Cl)cc2F)c1O. The van der Waals surface area contributed by atoms with Crippen LogP contribution in [0.25, 0.3) is 0 Å². The molecule has 0 bridgehead atoms. The fourth-order valence-electron chi connectivity index (χ4n) is 1.54. The van der Waals surface area contributed by atoms with Gasteiger partial charge in [0.2, 0.25) is 0 Å². The highest BCUT2D eigenvalue weighted by Gasteiger charge is 2.07. The quantitative estimate of drug-likeness (QED) is 0.746. The third kappa shape index (κ3) is 2.65. The minimum absolute atomic E-state index is 0.193. The normalized spacial score (nSPS) is 10.3. The van der Waals surface area contributed by atoms with E-state index in [4.69, 9.17) is 11.6 Å². The van der Waals surface area contributed by atoms with E-state index in [0.29, 0.717) is 10.6 Å². The van der Waals surface area contributed by atoms with Gasteiger partial charge in [0.1, 0.15) is 5.82 Å². The van der Waals surface area contributed by atoms with Gasteiger partial charge in [-0.05, 0) is 24.3 Å². The molecule has 3 N–H and O–H groups in total. The highest BCUT2D eigenvalue weighted by Crippen LogP contribution is 2.29. The summed E-state index contributed by atoms with van der Waals surface area (Å²) in [5, 5.41) is 22.0. The Morgan fingerprint density at radius 2 is 1.94 bits per heavy atom. The van der Waals surface area contributed by atoms with Crippen molar-refractivity contribution in [1.29, 1.82) is 0 Å². The molecule has 0 aliphatic rings. The van der Waals surface area contributed by atoms with Crippen LogP contribution in [0.2, 0.25) is 5.02 Å². The number of anilines is 1. The molecule has 0 unspecified atom stereocenters. The van der Waals surface area contributed by atoms with Crippen LogP contribution in [0.5, 0.6) is 11.5 Å². The van der Waals surface area contributed by atoms with Crippen LogP contribution in [0.3, 0.4) is 0 Å². The molecule has 5 heteroatoms. The van der Waals surface area contributed by atoms with Crippen molar-refractivity contribution in [3.63, 3.8) is 0 Å². The second kappa shape index (κ2) is 5.14. The molecule has 0 fully saturated rings. The molecule has 3 nitrogen and oxygen atoms in total. The highest BCUT2D eigenvalue weighted by molar-refractivity contribution is 6.30. The molecule has 0 radical (unpaired) electrons. The molecule has 0 saturated carbocycles. The lowest BCUT2D eigenvalue weighted by Crippen LogP contribution is -2.01. The summed E-state index contributed by atoms with van der Waals surface area (Å²) in [6.07, 6.45) is 0. The van der Waals surface area contributed by atoms with Gasteiger partial charge >= 0.3 is 0 Å². The van der Waals surface area contributed by atoms with Crippen LogP contribution in [0.1, 0.15) is 5.56 Å². The number of halogens is 2. The van der Waals surface area contributed by atoms with E-state index in [0.717, 1.165) is 0 Å². The Labute approximate surface area is 108 Å². The molecule has 18 heavy (non-hydrogen) atoms. The Balaban J connectivity index is 2.14. The van der Waals surface area contributed by atoms with Crippen LogP contribution in [0.15, 0.2) is 36.4 Å². The van der Waals surface area contributed by atoms with Crippen molar-refractivity contribution >= 4 is 17.3 Å². The monoisotopic (exact) mass is 267 g/mol. The molecule has 0 heterocycles. The summed E-state index contributed by atoms with van der Waals surface area (Å²) in [5.41, 5.74) is 0.756. The minimum Gasteiger partial charge on any atom is -0.504 e. The zero-order valence-corrected chi connectivity index (χ0v) is 10.1. The van der Waals surface area contributed by atoms with Crippen molar-refractivity contribution in [3.8, 4) is 11.5 Å². The van der Waals surface area contributed by atoms with E-state index in [1.165, 1.54) is 18.2 Å². The van der Waals surface area contributed by atoms with Crippen molar-refractivity contribution < 1.29 is 14.6 Å². The first kappa shape index (κ1) is 12.5. The van der Waals surface area contributed by atoms with E-state index in [1.807, 2.05) is 0 Å². The maximum atomic E-state index is 13.5. The van der Waals surface area contributed by atoms with Gasteiger partial charge < -0.3 is 15.5 Å². The van der Waals surface area contributed by atoms with Gasteiger partial charge in [0.05, 0.1) is 5.69 Å². The van der Waals surface area contributed by atoms with Crippen molar-refractivity contribution in [2.75, 3.05) is 5.32 Å². The summed E-state index contributed by atoms with van der Waals surface area (Å²) in [5.74, 6) is -0.882. The first-order chi connectivity index (χ1) is 8.58. The fraction of sp³-hybridized carbons (Fsp3) is 0.0769. The van der Waals surface area contributed by atoms with Crippen molar-refractivity contribution in [2.24, 2.45) is 0 Å². The predicted octanol–water partition coefficient (Wildman–Crippen LogP) is 3.50. The summed E-state index contributed by atoms with van der Waals surface area (Å²) < 4.78 is 13.5. The standard InChI is InChI=1S/C13H11ClFNO2/c14-9-4-5-11(10(15)6-9)16-7-8-2-1-3-12(17)13(8)18/h1-6,16-18H,7H2. The molecule has 0 aliphatic carbocycles. The minimum atomic E-state index is -0.470. The molecular formula is C13H11ClFNO2. The smallest absolute Gasteiger partial charge is 0.162 e. The van der Waals surface area contributed by atoms with E-state index in [1.54, 1.807) is 18.2 Å². The zero-order valence-electron chi connectivity index (χ0n) is 9.32. The van der Waals surface area contributed by atoms with Crippen molar-refractivity contribution in [2.45, 2.75) is 6.54 Å². The van der Waals surface area contributed by atoms with Gasteiger partial charge in [-0.3, -0.25) is 0 Å². The van der Waals surface area contributed by atoms with Crippen molar-refractivity contribution in [1.82, 2.24) is 0 Å². The van der Waals surface area contributed by atoms with Gasteiger partial charge in [0.25, 0.3) is 0 Å². The lowest BCUT2D eigenvalue weighted by Gasteiger charge is -2.09. The van der Waals surface area contributed by atoms with Crippen LogP contribution in [-0.2, 0) is 6.54 Å². The number of aromatic hydroxyl groups is 2. The molecule has 0 atom stereocenters. The highest BCUT2D eigenvalue weighted by atomic mass is 35.5. The number of benzene rings is 2. The van der Waals surface area contributed by atoms with Crippen LogP contribution in [0.4, 0.5) is 10.1 Å². The molecule has 0 amide bonds. The third-order valence-corrected chi connectivity index (χ3v) is 2.73. The molecule has 2 aromatic rings. The Bertz CT molecular complexity index is 575. The summed E-state index contributed by atoms with van der Waals surface area (Å²) in [7, 11) is 0. The van der Waals surface area contributed by atoms with E-state index in [-0.39, 0.29) is 23.7 Å². The van der Waals surface area contributed by atoms with Crippen molar-refractivity contribution in [3.05, 3.63) is 52.8 Å². The van der Waals surface area contributed by atoms with Gasteiger partial charge in [0.15, 0.2) is 11.5 Å². The number of para-hydroxylation sites is 1. The number of nitrogens with one attached hydrogen (secondary N) is 1. The summed E-state index contributed by atoms with van der Waals surface area (Å²) in [6, 6.07) is 8.89. The first-order valence-corrected chi connectivity index (χ1v) is 5.64. The number of hydrogen-bond donors (Lipinski definition) is 3. The Kier molecular flexibility index (Phi) is 3.58. The van der Waals surface area contributed by atoms with Crippen LogP contribution in [-0.4, -0.2) is 10.2 Å². The fourth-order valence-corrected chi connectivity index (χ4v) is 1.70. The van der Waals surface area contributed by atoms with E-state index in [2.05, 4.69) is 5.32 Å². The predicted molar refractivity (Wildman–Crippen MR) is 68.5 cm³/mol. The molecular weight excluding hydrogens is 257 g/mol. The maximum absolute atomic E-state index is 13.5. The molecule has 0 spiro atoms. The second-order valence-electron chi connectivity index (χ2n) is 3.76. The summed E-state index contributed by atoms with van der Waals surface area (Å²) in [6.45, 7) is 0.193. The number of rotatable bonds is 3. The van der Waals surface area contributed by atoms with E-state index >= 15 is 0 Å². The lowest BCUT2D eigenvalue weighted by atomic mass is 10.2. The first-order valence-electron chi connectivity index (χ1n) is 5.26. The number of hydrogen-bond acceptors (Lipinski definition) is 3. The second-order valence-corrected chi connectivity index (χ2v) is 4.20. The third-order valence-electron chi connectivity index (χ3n) is 2.50. The molecule has 0 saturated heterocycles. The Morgan fingerprint density at radius 1 is 1.17 bits per heavy atom. The van der Waals surface area contributed by atoms with Gasteiger partial charge in [-0.2, -0.15) is 0 Å². The average Bonchev–Trinajstić information content (AvgIpc) is 2.33. The lowest BCUT2D eigenvalue weighted by molar-refractivity contribution is 0.400. The van der Waals surface area contributed by atoms with Gasteiger partial charge in [-0.15, -0.1) is 0 Å². The van der Waals surface area contributed by atoms with Gasteiger partial charge in [0, 0.05) is 17.1 Å². The topological polar surface area (TPSA) is 52.5 Å². The summed E-state index contributed by atoms with van der Waals surface area (Å²) in [4.78, 5) is 0. The molecule has 2 aromatic carbocycles. The summed E-state index contributed by atoms with van der Waals surface area (Å²) >= 11 is 5.64.